The largest absolute Gasteiger partial charge is 0.342 e. The maximum absolute atomic E-state index is 12.2. The monoisotopic (exact) mass is 240 g/mol. The van der Waals surface area contributed by atoms with Crippen molar-refractivity contribution in [2.75, 3.05) is 19.6 Å². The number of amides is 1. The van der Waals surface area contributed by atoms with Gasteiger partial charge >= 0.3 is 0 Å². The standard InChI is InChI=1S/C14H28N2O/c1-11(2)7-14(3,4)8-13(17)16-6-5-12(9-15)10-16/h11-12H,5-10,15H2,1-4H3. The Morgan fingerprint density at radius 2 is 2.12 bits per heavy atom. The van der Waals surface area contributed by atoms with Crippen LogP contribution in [0.25, 0.3) is 0 Å². The molecular weight excluding hydrogens is 212 g/mol. The van der Waals surface area contributed by atoms with Crippen LogP contribution in [0.15, 0.2) is 0 Å². The smallest absolute Gasteiger partial charge is 0.223 e. The minimum absolute atomic E-state index is 0.117. The number of rotatable bonds is 5. The second-order valence-corrected chi connectivity index (χ2v) is 6.67. The van der Waals surface area contributed by atoms with Crippen molar-refractivity contribution in [1.82, 2.24) is 4.90 Å². The molecule has 1 aliphatic rings. The molecule has 0 aliphatic carbocycles. The molecular formula is C14H28N2O. The van der Waals surface area contributed by atoms with Crippen molar-refractivity contribution >= 4 is 5.91 Å². The zero-order valence-electron chi connectivity index (χ0n) is 11.8. The third-order valence-corrected chi connectivity index (χ3v) is 3.56. The zero-order chi connectivity index (χ0) is 13.1. The molecule has 0 spiro atoms. The van der Waals surface area contributed by atoms with Crippen LogP contribution in [-0.2, 0) is 4.79 Å². The van der Waals surface area contributed by atoms with Gasteiger partial charge in [-0.05, 0) is 36.6 Å². The summed E-state index contributed by atoms with van der Waals surface area (Å²) in [6, 6.07) is 0. The van der Waals surface area contributed by atoms with Crippen LogP contribution in [0.1, 0.15) is 47.0 Å². The zero-order valence-corrected chi connectivity index (χ0v) is 11.8. The molecule has 0 aromatic heterocycles. The summed E-state index contributed by atoms with van der Waals surface area (Å²) in [6.07, 6.45) is 2.85. The van der Waals surface area contributed by atoms with E-state index in [1.807, 2.05) is 4.90 Å². The Morgan fingerprint density at radius 1 is 1.47 bits per heavy atom. The molecule has 0 bridgehead atoms. The summed E-state index contributed by atoms with van der Waals surface area (Å²) in [5.74, 6) is 1.48. The Hall–Kier alpha value is -0.570. The van der Waals surface area contributed by atoms with Crippen molar-refractivity contribution in [3.63, 3.8) is 0 Å². The van der Waals surface area contributed by atoms with E-state index >= 15 is 0 Å². The van der Waals surface area contributed by atoms with Gasteiger partial charge in [0, 0.05) is 19.5 Å². The van der Waals surface area contributed by atoms with Gasteiger partial charge in [0.25, 0.3) is 0 Å². The summed E-state index contributed by atoms with van der Waals surface area (Å²) in [5.41, 5.74) is 5.77. The number of carbonyl (C=O) groups is 1. The average molecular weight is 240 g/mol. The van der Waals surface area contributed by atoms with Crippen LogP contribution in [0.3, 0.4) is 0 Å². The number of likely N-dealkylation sites (tertiary alicyclic amines) is 1. The first-order valence-electron chi connectivity index (χ1n) is 6.82. The fourth-order valence-electron chi connectivity index (χ4n) is 2.95. The van der Waals surface area contributed by atoms with Gasteiger partial charge < -0.3 is 10.6 Å². The average Bonchev–Trinajstić information content (AvgIpc) is 2.62. The van der Waals surface area contributed by atoms with E-state index in [0.717, 1.165) is 25.9 Å². The van der Waals surface area contributed by atoms with Gasteiger partial charge in [0.1, 0.15) is 0 Å². The van der Waals surface area contributed by atoms with Gasteiger partial charge in [0.05, 0.1) is 0 Å². The summed E-state index contributed by atoms with van der Waals surface area (Å²) in [6.45, 7) is 11.3. The molecule has 0 radical (unpaired) electrons. The highest BCUT2D eigenvalue weighted by molar-refractivity contribution is 5.77. The minimum atomic E-state index is 0.117. The molecule has 1 saturated heterocycles. The van der Waals surface area contributed by atoms with E-state index in [1.54, 1.807) is 0 Å². The SMILES string of the molecule is CC(C)CC(C)(C)CC(=O)N1CCC(CN)C1. The first-order chi connectivity index (χ1) is 7.84. The van der Waals surface area contributed by atoms with Crippen molar-refractivity contribution in [2.45, 2.75) is 47.0 Å². The normalized spacial score (nSPS) is 21.3. The summed E-state index contributed by atoms with van der Waals surface area (Å²) in [7, 11) is 0. The van der Waals surface area contributed by atoms with Gasteiger partial charge in [0.2, 0.25) is 5.91 Å². The Kier molecular flexibility index (Phi) is 4.99. The van der Waals surface area contributed by atoms with E-state index in [4.69, 9.17) is 5.73 Å². The number of hydrogen-bond donors (Lipinski definition) is 1. The summed E-state index contributed by atoms with van der Waals surface area (Å²) in [4.78, 5) is 14.2. The number of carbonyl (C=O) groups excluding carboxylic acids is 1. The van der Waals surface area contributed by atoms with Crippen LogP contribution in [-0.4, -0.2) is 30.4 Å². The minimum Gasteiger partial charge on any atom is -0.342 e. The summed E-state index contributed by atoms with van der Waals surface area (Å²) >= 11 is 0. The molecule has 3 heteroatoms. The Labute approximate surface area is 106 Å². The molecule has 1 unspecified atom stereocenters. The van der Waals surface area contributed by atoms with Gasteiger partial charge in [-0.1, -0.05) is 27.7 Å². The fraction of sp³-hybridized carbons (Fsp3) is 0.929. The van der Waals surface area contributed by atoms with Crippen molar-refractivity contribution in [3.8, 4) is 0 Å². The van der Waals surface area contributed by atoms with E-state index in [-0.39, 0.29) is 5.41 Å². The molecule has 2 N–H and O–H groups in total. The van der Waals surface area contributed by atoms with Gasteiger partial charge in [0.15, 0.2) is 0 Å². The summed E-state index contributed by atoms with van der Waals surface area (Å²) < 4.78 is 0. The highest BCUT2D eigenvalue weighted by Crippen LogP contribution is 2.30. The second kappa shape index (κ2) is 5.85. The highest BCUT2D eigenvalue weighted by atomic mass is 16.2. The van der Waals surface area contributed by atoms with Crippen molar-refractivity contribution in [3.05, 3.63) is 0 Å². The van der Waals surface area contributed by atoms with E-state index in [1.165, 1.54) is 0 Å². The molecule has 1 atom stereocenters. The van der Waals surface area contributed by atoms with Crippen LogP contribution in [0.2, 0.25) is 0 Å². The second-order valence-electron chi connectivity index (χ2n) is 6.67. The topological polar surface area (TPSA) is 46.3 Å². The third-order valence-electron chi connectivity index (χ3n) is 3.56. The highest BCUT2D eigenvalue weighted by Gasteiger charge is 2.30. The molecule has 17 heavy (non-hydrogen) atoms. The Morgan fingerprint density at radius 3 is 2.59 bits per heavy atom. The van der Waals surface area contributed by atoms with Crippen LogP contribution in [0.4, 0.5) is 0 Å². The lowest BCUT2D eigenvalue weighted by atomic mass is 9.81. The van der Waals surface area contributed by atoms with Crippen LogP contribution >= 0.6 is 0 Å². The lowest BCUT2D eigenvalue weighted by Crippen LogP contribution is -2.33. The quantitative estimate of drug-likeness (QED) is 0.801. The maximum Gasteiger partial charge on any atom is 0.223 e. The molecule has 0 aromatic rings. The number of nitrogens with zero attached hydrogens (tertiary/aromatic N) is 1. The predicted molar refractivity (Wildman–Crippen MR) is 71.6 cm³/mol. The fourth-order valence-corrected chi connectivity index (χ4v) is 2.95. The molecule has 0 aromatic carbocycles. The maximum atomic E-state index is 12.2. The van der Waals surface area contributed by atoms with Crippen LogP contribution in [0.5, 0.6) is 0 Å². The van der Waals surface area contributed by atoms with Crippen LogP contribution in [0, 0.1) is 17.3 Å². The van der Waals surface area contributed by atoms with Gasteiger partial charge in [-0.3, -0.25) is 4.79 Å². The molecule has 0 saturated carbocycles. The van der Waals surface area contributed by atoms with Gasteiger partial charge in [-0.2, -0.15) is 0 Å². The van der Waals surface area contributed by atoms with E-state index in [2.05, 4.69) is 27.7 Å². The first-order valence-corrected chi connectivity index (χ1v) is 6.82. The van der Waals surface area contributed by atoms with Gasteiger partial charge in [-0.25, -0.2) is 0 Å². The molecule has 1 heterocycles. The molecule has 1 fully saturated rings. The predicted octanol–water partition coefficient (Wildman–Crippen LogP) is 2.26. The van der Waals surface area contributed by atoms with Crippen LogP contribution < -0.4 is 5.73 Å². The Bertz CT molecular complexity index is 261. The van der Waals surface area contributed by atoms with Crippen molar-refractivity contribution in [2.24, 2.45) is 23.0 Å². The van der Waals surface area contributed by atoms with Crippen molar-refractivity contribution in [1.29, 1.82) is 0 Å². The summed E-state index contributed by atoms with van der Waals surface area (Å²) in [5, 5.41) is 0. The van der Waals surface area contributed by atoms with E-state index in [0.29, 0.717) is 30.7 Å². The van der Waals surface area contributed by atoms with E-state index < -0.39 is 0 Å². The number of hydrogen-bond acceptors (Lipinski definition) is 2. The molecule has 1 amide bonds. The Balaban J connectivity index is 2.44. The van der Waals surface area contributed by atoms with Gasteiger partial charge in [-0.15, -0.1) is 0 Å². The lowest BCUT2D eigenvalue weighted by molar-refractivity contribution is -0.132. The lowest BCUT2D eigenvalue weighted by Gasteiger charge is -2.28. The molecule has 1 rings (SSSR count). The third kappa shape index (κ3) is 4.66. The van der Waals surface area contributed by atoms with E-state index in [9.17, 15) is 4.79 Å². The first kappa shape index (κ1) is 14.5. The molecule has 100 valence electrons. The van der Waals surface area contributed by atoms with Crippen molar-refractivity contribution < 1.29 is 4.79 Å². The molecule has 1 aliphatic heterocycles. The number of nitrogens with two attached hydrogens (primary N) is 1. The molecule has 3 nitrogen and oxygen atoms in total.